The first kappa shape index (κ1) is 21.4. The van der Waals surface area contributed by atoms with E-state index in [0.717, 1.165) is 5.56 Å². The van der Waals surface area contributed by atoms with Crippen LogP contribution in [0.5, 0.6) is 17.2 Å². The summed E-state index contributed by atoms with van der Waals surface area (Å²) in [6.45, 7) is 2.37. The van der Waals surface area contributed by atoms with E-state index in [1.807, 2.05) is 6.07 Å². The van der Waals surface area contributed by atoms with E-state index in [-0.39, 0.29) is 10.6 Å². The molecule has 0 radical (unpaired) electrons. The molecular formula is C20H25FN2O5S. The molecule has 3 rings (SSSR count). The Hall–Kier alpha value is -2.36. The lowest BCUT2D eigenvalue weighted by Crippen LogP contribution is -2.48. The van der Waals surface area contributed by atoms with E-state index >= 15 is 0 Å². The molecule has 1 fully saturated rings. The van der Waals surface area contributed by atoms with E-state index in [2.05, 4.69) is 4.90 Å². The molecule has 1 aliphatic rings. The Bertz CT molecular complexity index is 959. The average Bonchev–Trinajstić information content (AvgIpc) is 2.73. The summed E-state index contributed by atoms with van der Waals surface area (Å²) in [7, 11) is 0.757. The van der Waals surface area contributed by atoms with Gasteiger partial charge in [0.25, 0.3) is 0 Å². The number of hydrogen-bond acceptors (Lipinski definition) is 6. The van der Waals surface area contributed by atoms with Gasteiger partial charge in [-0.05, 0) is 29.8 Å². The summed E-state index contributed by atoms with van der Waals surface area (Å²) in [6.07, 6.45) is 0. The summed E-state index contributed by atoms with van der Waals surface area (Å²) in [4.78, 5) is 2.27. The van der Waals surface area contributed by atoms with Crippen LogP contribution >= 0.6 is 0 Å². The fourth-order valence-corrected chi connectivity index (χ4v) is 4.76. The van der Waals surface area contributed by atoms with Crippen molar-refractivity contribution in [2.24, 2.45) is 0 Å². The quantitative estimate of drug-likeness (QED) is 0.680. The van der Waals surface area contributed by atoms with Crippen molar-refractivity contribution in [1.82, 2.24) is 9.21 Å². The first-order valence-electron chi connectivity index (χ1n) is 9.16. The zero-order valence-corrected chi connectivity index (χ0v) is 17.5. The summed E-state index contributed by atoms with van der Waals surface area (Å²) >= 11 is 0. The molecule has 1 saturated heterocycles. The van der Waals surface area contributed by atoms with Crippen LogP contribution in [0.25, 0.3) is 0 Å². The van der Waals surface area contributed by atoms with Crippen LogP contribution in [0.15, 0.2) is 41.3 Å². The Morgan fingerprint density at radius 1 is 0.862 bits per heavy atom. The van der Waals surface area contributed by atoms with Gasteiger partial charge >= 0.3 is 0 Å². The van der Waals surface area contributed by atoms with Gasteiger partial charge in [-0.3, -0.25) is 4.90 Å². The van der Waals surface area contributed by atoms with Gasteiger partial charge in [0, 0.05) is 38.8 Å². The largest absolute Gasteiger partial charge is 0.494 e. The van der Waals surface area contributed by atoms with Crippen molar-refractivity contribution in [3.63, 3.8) is 0 Å². The van der Waals surface area contributed by atoms with Crippen molar-refractivity contribution in [3.05, 3.63) is 47.8 Å². The zero-order chi connectivity index (χ0) is 21.0. The molecule has 0 atom stereocenters. The average molecular weight is 424 g/mol. The van der Waals surface area contributed by atoms with Crippen LogP contribution < -0.4 is 14.2 Å². The number of ether oxygens (including phenoxy) is 3. The van der Waals surface area contributed by atoms with E-state index in [0.29, 0.717) is 44.2 Å². The molecule has 0 saturated carbocycles. The van der Waals surface area contributed by atoms with Gasteiger partial charge in [-0.2, -0.15) is 4.31 Å². The number of methoxy groups -OCH3 is 3. The third-order valence-electron chi connectivity index (χ3n) is 4.95. The van der Waals surface area contributed by atoms with Gasteiger partial charge in [-0.1, -0.05) is 6.07 Å². The number of nitrogens with zero attached hydrogens (tertiary/aromatic N) is 2. The summed E-state index contributed by atoms with van der Waals surface area (Å²) in [5.74, 6) is 0.649. The van der Waals surface area contributed by atoms with Crippen molar-refractivity contribution >= 4 is 10.0 Å². The third kappa shape index (κ3) is 4.63. The molecule has 0 aromatic heterocycles. The monoisotopic (exact) mass is 424 g/mol. The molecule has 158 valence electrons. The highest BCUT2D eigenvalue weighted by molar-refractivity contribution is 7.89. The predicted molar refractivity (Wildman–Crippen MR) is 107 cm³/mol. The molecular weight excluding hydrogens is 399 g/mol. The zero-order valence-electron chi connectivity index (χ0n) is 16.7. The lowest BCUT2D eigenvalue weighted by molar-refractivity contribution is 0.181. The molecule has 7 nitrogen and oxygen atoms in total. The van der Waals surface area contributed by atoms with E-state index in [1.165, 1.54) is 43.8 Å². The molecule has 0 aliphatic carbocycles. The van der Waals surface area contributed by atoms with Crippen LogP contribution in [0.1, 0.15) is 5.56 Å². The summed E-state index contributed by atoms with van der Waals surface area (Å²) in [6, 6.07) is 9.44. The SMILES string of the molecule is COc1ccc(CN2CCN(S(=O)(=O)c3ccc(OC)c(OC)c3)CC2)cc1F. The number of sulfonamides is 1. The molecule has 2 aromatic carbocycles. The minimum atomic E-state index is -3.64. The Balaban J connectivity index is 1.66. The molecule has 0 bridgehead atoms. The minimum absolute atomic E-state index is 0.167. The van der Waals surface area contributed by atoms with Crippen LogP contribution in [0.4, 0.5) is 4.39 Å². The highest BCUT2D eigenvalue weighted by Gasteiger charge is 2.29. The maximum absolute atomic E-state index is 13.9. The van der Waals surface area contributed by atoms with Gasteiger partial charge in [0.05, 0.1) is 26.2 Å². The summed E-state index contributed by atoms with van der Waals surface area (Å²) in [5.41, 5.74) is 0.819. The number of benzene rings is 2. The number of halogens is 1. The Kier molecular flexibility index (Phi) is 6.61. The molecule has 2 aromatic rings. The van der Waals surface area contributed by atoms with Crippen molar-refractivity contribution in [2.75, 3.05) is 47.5 Å². The van der Waals surface area contributed by atoms with Crippen LogP contribution in [-0.2, 0) is 16.6 Å². The summed E-state index contributed by atoms with van der Waals surface area (Å²) < 4.78 is 56.6. The van der Waals surface area contributed by atoms with Gasteiger partial charge in [-0.15, -0.1) is 0 Å². The van der Waals surface area contributed by atoms with Gasteiger partial charge < -0.3 is 14.2 Å². The topological polar surface area (TPSA) is 68.3 Å². The second-order valence-electron chi connectivity index (χ2n) is 6.67. The Labute approximate surface area is 170 Å². The molecule has 29 heavy (non-hydrogen) atoms. The number of piperazine rings is 1. The van der Waals surface area contributed by atoms with E-state index in [4.69, 9.17) is 14.2 Å². The van der Waals surface area contributed by atoms with Crippen LogP contribution in [-0.4, -0.2) is 65.1 Å². The Morgan fingerprint density at radius 2 is 1.48 bits per heavy atom. The second-order valence-corrected chi connectivity index (χ2v) is 8.60. The van der Waals surface area contributed by atoms with Crippen molar-refractivity contribution in [3.8, 4) is 17.2 Å². The van der Waals surface area contributed by atoms with Gasteiger partial charge in [-0.25, -0.2) is 12.8 Å². The molecule has 0 unspecified atom stereocenters. The molecule has 0 spiro atoms. The van der Waals surface area contributed by atoms with E-state index in [1.54, 1.807) is 12.1 Å². The van der Waals surface area contributed by atoms with Crippen molar-refractivity contribution in [2.45, 2.75) is 11.4 Å². The maximum Gasteiger partial charge on any atom is 0.243 e. The first-order valence-corrected chi connectivity index (χ1v) is 10.6. The van der Waals surface area contributed by atoms with Gasteiger partial charge in [0.1, 0.15) is 0 Å². The van der Waals surface area contributed by atoms with Gasteiger partial charge in [0.2, 0.25) is 10.0 Å². The van der Waals surface area contributed by atoms with Crippen molar-refractivity contribution in [1.29, 1.82) is 0 Å². The molecule has 0 amide bonds. The predicted octanol–water partition coefficient (Wildman–Crippen LogP) is 2.36. The fraction of sp³-hybridized carbons (Fsp3) is 0.400. The highest BCUT2D eigenvalue weighted by atomic mass is 32.2. The van der Waals surface area contributed by atoms with Crippen LogP contribution in [0, 0.1) is 5.82 Å². The molecule has 0 N–H and O–H groups in total. The molecule has 1 aliphatic heterocycles. The first-order chi connectivity index (χ1) is 13.9. The standard InChI is InChI=1S/C20H25FN2O5S/c1-26-18-6-4-15(12-17(18)21)14-22-8-10-23(11-9-22)29(24,25)16-5-7-19(27-2)20(13-16)28-3/h4-7,12-13H,8-11,14H2,1-3H3. The van der Waals surface area contributed by atoms with E-state index in [9.17, 15) is 12.8 Å². The molecule has 9 heteroatoms. The minimum Gasteiger partial charge on any atom is -0.494 e. The number of rotatable bonds is 7. The van der Waals surface area contributed by atoms with E-state index < -0.39 is 15.8 Å². The van der Waals surface area contributed by atoms with Crippen LogP contribution in [0.2, 0.25) is 0 Å². The van der Waals surface area contributed by atoms with Gasteiger partial charge in [0.15, 0.2) is 23.1 Å². The fourth-order valence-electron chi connectivity index (χ4n) is 3.32. The third-order valence-corrected chi connectivity index (χ3v) is 6.84. The smallest absolute Gasteiger partial charge is 0.243 e. The number of hydrogen-bond donors (Lipinski definition) is 0. The van der Waals surface area contributed by atoms with Crippen molar-refractivity contribution < 1.29 is 27.0 Å². The maximum atomic E-state index is 13.9. The summed E-state index contributed by atoms with van der Waals surface area (Å²) in [5, 5.41) is 0. The highest BCUT2D eigenvalue weighted by Crippen LogP contribution is 2.31. The Morgan fingerprint density at radius 3 is 2.07 bits per heavy atom. The normalized spacial score (nSPS) is 15.9. The lowest BCUT2D eigenvalue weighted by Gasteiger charge is -2.34. The van der Waals surface area contributed by atoms with Crippen LogP contribution in [0.3, 0.4) is 0 Å². The molecule has 1 heterocycles. The lowest BCUT2D eigenvalue weighted by atomic mass is 10.2. The second kappa shape index (κ2) is 8.98.